The second-order valence-corrected chi connectivity index (χ2v) is 8.04. The molecule has 2 aliphatic heterocycles. The van der Waals surface area contributed by atoms with Crippen molar-refractivity contribution in [3.05, 3.63) is 63.3 Å². The number of ketones is 1. The highest BCUT2D eigenvalue weighted by atomic mass is 79.9. The fourth-order valence-corrected chi connectivity index (χ4v) is 4.13. The van der Waals surface area contributed by atoms with Gasteiger partial charge in [0.25, 0.3) is 0 Å². The summed E-state index contributed by atoms with van der Waals surface area (Å²) in [6, 6.07) is 11.0. The minimum atomic E-state index is -0.137. The molecule has 5 heteroatoms. The number of ether oxygens (including phenoxy) is 1. The lowest BCUT2D eigenvalue weighted by Crippen LogP contribution is -2.24. The highest BCUT2D eigenvalue weighted by Crippen LogP contribution is 2.40. The van der Waals surface area contributed by atoms with E-state index in [-0.39, 0.29) is 11.5 Å². The predicted molar refractivity (Wildman–Crippen MR) is 109 cm³/mol. The lowest BCUT2D eigenvalue weighted by atomic mass is 10.0. The van der Waals surface area contributed by atoms with Gasteiger partial charge in [0.15, 0.2) is 5.76 Å². The van der Waals surface area contributed by atoms with Crippen LogP contribution in [0.4, 0.5) is 0 Å². The van der Waals surface area contributed by atoms with Gasteiger partial charge in [0, 0.05) is 11.0 Å². The van der Waals surface area contributed by atoms with Crippen LogP contribution in [-0.2, 0) is 6.54 Å². The van der Waals surface area contributed by atoms with Crippen LogP contribution in [0, 0.1) is 0 Å². The van der Waals surface area contributed by atoms with Gasteiger partial charge in [0.2, 0.25) is 5.78 Å². The van der Waals surface area contributed by atoms with Gasteiger partial charge in [-0.05, 0) is 61.8 Å². The number of likely N-dealkylation sites (tertiary alicyclic amines) is 1. The van der Waals surface area contributed by atoms with Gasteiger partial charge in [-0.1, -0.05) is 40.9 Å². The van der Waals surface area contributed by atoms with E-state index in [1.54, 1.807) is 18.2 Å². The van der Waals surface area contributed by atoms with Crippen molar-refractivity contribution in [2.45, 2.75) is 32.2 Å². The van der Waals surface area contributed by atoms with Crippen LogP contribution in [0.2, 0.25) is 0 Å². The highest BCUT2D eigenvalue weighted by Gasteiger charge is 2.31. The molecule has 1 N–H and O–H groups in total. The summed E-state index contributed by atoms with van der Waals surface area (Å²) in [4.78, 5) is 15.1. The average molecular weight is 428 g/mol. The number of hydrogen-bond donors (Lipinski definition) is 1. The molecule has 2 aliphatic rings. The van der Waals surface area contributed by atoms with Crippen molar-refractivity contribution in [3.63, 3.8) is 0 Å². The number of nitrogens with zero attached hydrogens (tertiary/aromatic N) is 1. The van der Waals surface area contributed by atoms with Crippen LogP contribution in [0.25, 0.3) is 6.08 Å². The number of halogens is 1. The third-order valence-corrected chi connectivity index (χ3v) is 5.64. The normalized spacial score (nSPS) is 19.0. The first-order valence-electron chi connectivity index (χ1n) is 9.39. The van der Waals surface area contributed by atoms with Crippen molar-refractivity contribution < 1.29 is 14.6 Å². The molecule has 27 heavy (non-hydrogen) atoms. The Morgan fingerprint density at radius 1 is 1.11 bits per heavy atom. The molecule has 1 saturated heterocycles. The molecule has 1 fully saturated rings. The lowest BCUT2D eigenvalue weighted by Gasteiger charge is -2.21. The van der Waals surface area contributed by atoms with Crippen LogP contribution in [0.3, 0.4) is 0 Å². The number of rotatable bonds is 3. The van der Waals surface area contributed by atoms with Crippen LogP contribution >= 0.6 is 15.9 Å². The number of Topliss-reactive ketones (excluding diaryl/α,β-unsaturated/α-hetero) is 1. The zero-order valence-corrected chi connectivity index (χ0v) is 16.7. The Balaban J connectivity index is 1.64. The number of benzene rings is 2. The fraction of sp³-hybridized carbons (Fsp3) is 0.318. The van der Waals surface area contributed by atoms with Crippen LogP contribution in [0.5, 0.6) is 11.5 Å². The number of phenolic OH excluding ortho intramolecular Hbond substituents is 1. The second kappa shape index (κ2) is 7.87. The number of hydrogen-bond acceptors (Lipinski definition) is 4. The minimum Gasteiger partial charge on any atom is -0.507 e. The Morgan fingerprint density at radius 2 is 1.89 bits per heavy atom. The summed E-state index contributed by atoms with van der Waals surface area (Å²) in [6.45, 7) is 2.63. The van der Waals surface area contributed by atoms with Crippen LogP contribution in [-0.4, -0.2) is 28.9 Å². The standard InChI is InChI=1S/C22H22BrNO3/c23-16-7-5-6-15(12-16)13-20-21(26)17-8-9-19(25)18(22(17)27-20)14-24-10-3-1-2-4-11-24/h5-9,12-13,25H,1-4,10-11,14H2/b20-13-. The molecule has 2 heterocycles. The van der Waals surface area contributed by atoms with Gasteiger partial charge in [-0.2, -0.15) is 0 Å². The van der Waals surface area contributed by atoms with Crippen molar-refractivity contribution in [2.75, 3.05) is 13.1 Å². The van der Waals surface area contributed by atoms with Crippen LogP contribution in [0.1, 0.15) is 47.2 Å². The first kappa shape index (κ1) is 18.3. The number of fused-ring (bicyclic) bond motifs is 1. The van der Waals surface area contributed by atoms with E-state index in [4.69, 9.17) is 4.74 Å². The molecule has 0 unspecified atom stereocenters. The number of allylic oxidation sites excluding steroid dienone is 1. The Morgan fingerprint density at radius 3 is 2.63 bits per heavy atom. The van der Waals surface area contributed by atoms with E-state index in [1.807, 2.05) is 24.3 Å². The van der Waals surface area contributed by atoms with E-state index in [2.05, 4.69) is 20.8 Å². The number of carbonyl (C=O) groups excluding carboxylic acids is 1. The van der Waals surface area contributed by atoms with E-state index < -0.39 is 0 Å². The Labute approximate surface area is 167 Å². The fourth-order valence-electron chi connectivity index (χ4n) is 3.72. The molecular formula is C22H22BrNO3. The van der Waals surface area contributed by atoms with E-state index in [1.165, 1.54) is 25.7 Å². The number of aromatic hydroxyl groups is 1. The van der Waals surface area contributed by atoms with E-state index in [0.29, 0.717) is 29.2 Å². The van der Waals surface area contributed by atoms with Crippen molar-refractivity contribution in [2.24, 2.45) is 0 Å². The molecule has 0 aromatic heterocycles. The molecule has 0 atom stereocenters. The Bertz CT molecular complexity index is 898. The molecule has 0 radical (unpaired) electrons. The highest BCUT2D eigenvalue weighted by molar-refractivity contribution is 9.10. The van der Waals surface area contributed by atoms with Gasteiger partial charge in [0.05, 0.1) is 11.1 Å². The monoisotopic (exact) mass is 427 g/mol. The molecule has 4 nitrogen and oxygen atoms in total. The van der Waals surface area contributed by atoms with Gasteiger partial charge in [-0.25, -0.2) is 0 Å². The van der Waals surface area contributed by atoms with Gasteiger partial charge >= 0.3 is 0 Å². The summed E-state index contributed by atoms with van der Waals surface area (Å²) in [7, 11) is 0. The van der Waals surface area contributed by atoms with Gasteiger partial charge in [-0.15, -0.1) is 0 Å². The molecule has 0 amide bonds. The van der Waals surface area contributed by atoms with Gasteiger partial charge in [0.1, 0.15) is 11.5 Å². The topological polar surface area (TPSA) is 49.8 Å². The summed E-state index contributed by atoms with van der Waals surface area (Å²) >= 11 is 3.44. The predicted octanol–water partition coefficient (Wildman–Crippen LogP) is 5.15. The largest absolute Gasteiger partial charge is 0.507 e. The molecule has 0 bridgehead atoms. The minimum absolute atomic E-state index is 0.137. The quantitative estimate of drug-likeness (QED) is 0.688. The van der Waals surface area contributed by atoms with Crippen molar-refractivity contribution in [1.29, 1.82) is 0 Å². The molecule has 0 saturated carbocycles. The smallest absolute Gasteiger partial charge is 0.231 e. The SMILES string of the molecule is O=C1/C(=C/c2cccc(Br)c2)Oc2c1ccc(O)c2CN1CCCCCC1. The summed E-state index contributed by atoms with van der Waals surface area (Å²) in [5.74, 6) is 0.855. The van der Waals surface area contributed by atoms with Crippen molar-refractivity contribution >= 4 is 27.8 Å². The van der Waals surface area contributed by atoms with Gasteiger partial charge in [-0.3, -0.25) is 9.69 Å². The summed E-state index contributed by atoms with van der Waals surface area (Å²) in [6.07, 6.45) is 6.60. The summed E-state index contributed by atoms with van der Waals surface area (Å²) in [5.41, 5.74) is 2.12. The molecular weight excluding hydrogens is 406 g/mol. The maximum absolute atomic E-state index is 12.8. The first-order valence-corrected chi connectivity index (χ1v) is 10.2. The van der Waals surface area contributed by atoms with E-state index in [9.17, 15) is 9.90 Å². The number of phenols is 1. The van der Waals surface area contributed by atoms with E-state index in [0.717, 1.165) is 23.1 Å². The summed E-state index contributed by atoms with van der Waals surface area (Å²) in [5, 5.41) is 10.4. The van der Waals surface area contributed by atoms with Gasteiger partial charge < -0.3 is 9.84 Å². The Hall–Kier alpha value is -2.11. The third kappa shape index (κ3) is 3.94. The molecule has 2 aromatic rings. The Kier molecular flexibility index (Phi) is 5.32. The molecule has 0 spiro atoms. The average Bonchev–Trinajstić information content (AvgIpc) is 2.82. The third-order valence-electron chi connectivity index (χ3n) is 5.14. The zero-order chi connectivity index (χ0) is 18.8. The van der Waals surface area contributed by atoms with Crippen LogP contribution < -0.4 is 4.74 Å². The van der Waals surface area contributed by atoms with Crippen molar-refractivity contribution in [3.8, 4) is 11.5 Å². The molecule has 0 aliphatic carbocycles. The van der Waals surface area contributed by atoms with E-state index >= 15 is 0 Å². The first-order chi connectivity index (χ1) is 13.1. The maximum Gasteiger partial charge on any atom is 0.231 e. The molecule has 140 valence electrons. The maximum atomic E-state index is 12.8. The number of carbonyl (C=O) groups is 1. The second-order valence-electron chi connectivity index (χ2n) is 7.13. The molecule has 4 rings (SSSR count). The van der Waals surface area contributed by atoms with Crippen LogP contribution in [0.15, 0.2) is 46.6 Å². The lowest BCUT2D eigenvalue weighted by molar-refractivity contribution is 0.101. The zero-order valence-electron chi connectivity index (χ0n) is 15.1. The molecule has 2 aromatic carbocycles. The summed E-state index contributed by atoms with van der Waals surface area (Å²) < 4.78 is 6.90. The van der Waals surface area contributed by atoms with Crippen molar-refractivity contribution in [1.82, 2.24) is 4.90 Å².